The highest BCUT2D eigenvalue weighted by atomic mass is 35.5. The number of hydrogen-bond acceptors (Lipinski definition) is 3. The first-order valence-corrected chi connectivity index (χ1v) is 6.72. The first-order chi connectivity index (χ1) is 8.59. The highest BCUT2D eigenvalue weighted by Gasteiger charge is 2.44. The van der Waals surface area contributed by atoms with Gasteiger partial charge in [-0.3, -0.25) is 4.79 Å². The lowest BCUT2D eigenvalue weighted by atomic mass is 9.76. The lowest BCUT2D eigenvalue weighted by molar-refractivity contribution is -0.121. The van der Waals surface area contributed by atoms with Crippen LogP contribution in [0.15, 0.2) is 12.3 Å². The number of rotatable bonds is 0. The molecule has 0 bridgehead atoms. The quantitative estimate of drug-likeness (QED) is 0.758. The molecule has 2 heterocycles. The summed E-state index contributed by atoms with van der Waals surface area (Å²) in [7, 11) is 0. The summed E-state index contributed by atoms with van der Waals surface area (Å²) >= 11 is 5.88. The molecule has 0 saturated heterocycles. The van der Waals surface area contributed by atoms with E-state index >= 15 is 0 Å². The Hall–Kier alpha value is -1.29. The van der Waals surface area contributed by atoms with Crippen LogP contribution in [0.3, 0.4) is 0 Å². The van der Waals surface area contributed by atoms with E-state index in [9.17, 15) is 4.79 Å². The summed E-state index contributed by atoms with van der Waals surface area (Å²) in [5.41, 5.74) is 0.206. The summed E-state index contributed by atoms with van der Waals surface area (Å²) in [6.45, 7) is 2.24. The van der Waals surface area contributed by atoms with Gasteiger partial charge in [0.1, 0.15) is 5.54 Å². The number of pyridine rings is 1. The van der Waals surface area contributed by atoms with E-state index in [-0.39, 0.29) is 5.91 Å². The third-order valence-electron chi connectivity index (χ3n) is 4.02. The molecule has 4 nitrogen and oxygen atoms in total. The monoisotopic (exact) mass is 265 g/mol. The number of halogens is 1. The molecule has 2 aliphatic rings. The molecule has 1 aromatic rings. The highest BCUT2D eigenvalue weighted by molar-refractivity contribution is 6.31. The van der Waals surface area contributed by atoms with Gasteiger partial charge < -0.3 is 10.6 Å². The van der Waals surface area contributed by atoms with Crippen molar-refractivity contribution in [1.29, 1.82) is 0 Å². The normalized spacial score (nSPS) is 30.6. The molecule has 0 unspecified atom stereocenters. The van der Waals surface area contributed by atoms with Crippen LogP contribution in [-0.4, -0.2) is 16.4 Å². The zero-order valence-corrected chi connectivity index (χ0v) is 11.0. The predicted molar refractivity (Wildman–Crippen MR) is 71.9 cm³/mol. The Morgan fingerprint density at radius 3 is 2.89 bits per heavy atom. The van der Waals surface area contributed by atoms with Crippen LogP contribution in [-0.2, 0) is 4.79 Å². The Kier molecular flexibility index (Phi) is 2.70. The summed E-state index contributed by atoms with van der Waals surface area (Å²) in [6, 6.07) is 1.73. The van der Waals surface area contributed by atoms with Gasteiger partial charge in [0.05, 0.1) is 10.7 Å². The average Bonchev–Trinajstić information content (AvgIpc) is 2.35. The molecule has 1 saturated carbocycles. The van der Waals surface area contributed by atoms with Crippen LogP contribution < -0.4 is 10.6 Å². The molecule has 0 atom stereocenters. The molecule has 0 aromatic carbocycles. The molecule has 18 heavy (non-hydrogen) atoms. The van der Waals surface area contributed by atoms with Crippen LogP contribution in [0.25, 0.3) is 0 Å². The molecule has 2 N–H and O–H groups in total. The molecular weight excluding hydrogens is 250 g/mol. The number of fused-ring (bicyclic) bond motifs is 1. The number of nitrogens with zero attached hydrogens (tertiary/aromatic N) is 1. The number of amides is 1. The highest BCUT2D eigenvalue weighted by Crippen LogP contribution is 2.40. The Bertz CT molecular complexity index is 495. The standard InChI is InChI=1S/C13H16ClN3O/c1-8-2-4-13(5-3-8)12(18)16-10-6-9(14)7-15-11(10)17-13/h6-8H,2-5H2,1H3,(H,15,17)(H,16,18). The van der Waals surface area contributed by atoms with Gasteiger partial charge in [-0.1, -0.05) is 18.5 Å². The summed E-state index contributed by atoms with van der Waals surface area (Å²) in [4.78, 5) is 16.6. The maximum absolute atomic E-state index is 12.3. The van der Waals surface area contributed by atoms with Crippen LogP contribution in [0, 0.1) is 5.92 Å². The summed E-state index contributed by atoms with van der Waals surface area (Å²) < 4.78 is 0. The third-order valence-corrected chi connectivity index (χ3v) is 4.23. The topological polar surface area (TPSA) is 54.0 Å². The zero-order chi connectivity index (χ0) is 12.8. The van der Waals surface area contributed by atoms with Crippen molar-refractivity contribution in [3.8, 4) is 0 Å². The molecule has 1 aliphatic carbocycles. The van der Waals surface area contributed by atoms with Crippen LogP contribution in [0.4, 0.5) is 11.5 Å². The summed E-state index contributed by atoms with van der Waals surface area (Å²) in [5.74, 6) is 1.48. The van der Waals surface area contributed by atoms with Crippen LogP contribution in [0.2, 0.25) is 5.02 Å². The summed E-state index contributed by atoms with van der Waals surface area (Å²) in [6.07, 6.45) is 5.48. The number of anilines is 2. The minimum Gasteiger partial charge on any atom is -0.354 e. The van der Waals surface area contributed by atoms with Crippen molar-refractivity contribution in [2.45, 2.75) is 38.1 Å². The fourth-order valence-corrected chi connectivity index (χ4v) is 2.92. The Morgan fingerprint density at radius 1 is 1.44 bits per heavy atom. The number of nitrogens with one attached hydrogen (secondary N) is 2. The lowest BCUT2D eigenvalue weighted by Gasteiger charge is -2.42. The minimum atomic E-state index is -0.472. The third kappa shape index (κ3) is 1.85. The van der Waals surface area contributed by atoms with Crippen molar-refractivity contribution in [3.63, 3.8) is 0 Å². The molecule has 96 valence electrons. The van der Waals surface area contributed by atoms with E-state index in [2.05, 4.69) is 22.5 Å². The van der Waals surface area contributed by atoms with Gasteiger partial charge in [-0.2, -0.15) is 0 Å². The first-order valence-electron chi connectivity index (χ1n) is 6.34. The van der Waals surface area contributed by atoms with Gasteiger partial charge in [0.25, 0.3) is 0 Å². The Balaban J connectivity index is 1.92. The fourth-order valence-electron chi connectivity index (χ4n) is 2.77. The molecule has 0 radical (unpaired) electrons. The second kappa shape index (κ2) is 4.12. The molecular formula is C13H16ClN3O. The van der Waals surface area contributed by atoms with E-state index in [0.29, 0.717) is 16.6 Å². The van der Waals surface area contributed by atoms with Crippen molar-refractivity contribution < 1.29 is 4.79 Å². The second-order valence-electron chi connectivity index (χ2n) is 5.39. The fraction of sp³-hybridized carbons (Fsp3) is 0.538. The van der Waals surface area contributed by atoms with Gasteiger partial charge >= 0.3 is 0 Å². The number of carbonyl (C=O) groups excluding carboxylic acids is 1. The Morgan fingerprint density at radius 2 is 2.17 bits per heavy atom. The van der Waals surface area contributed by atoms with Gasteiger partial charge in [0.15, 0.2) is 5.82 Å². The van der Waals surface area contributed by atoms with Crippen LogP contribution in [0.1, 0.15) is 32.6 Å². The lowest BCUT2D eigenvalue weighted by Crippen LogP contribution is -2.54. The largest absolute Gasteiger partial charge is 0.354 e. The van der Waals surface area contributed by atoms with Gasteiger partial charge in [-0.25, -0.2) is 4.98 Å². The van der Waals surface area contributed by atoms with Crippen molar-refractivity contribution >= 4 is 29.0 Å². The van der Waals surface area contributed by atoms with E-state index in [1.807, 2.05) is 0 Å². The van der Waals surface area contributed by atoms with Gasteiger partial charge in [0.2, 0.25) is 5.91 Å². The summed E-state index contributed by atoms with van der Waals surface area (Å²) in [5, 5.41) is 6.79. The van der Waals surface area contributed by atoms with E-state index in [1.165, 1.54) is 0 Å². The van der Waals surface area contributed by atoms with Crippen molar-refractivity contribution in [2.75, 3.05) is 10.6 Å². The van der Waals surface area contributed by atoms with Crippen LogP contribution >= 0.6 is 11.6 Å². The van der Waals surface area contributed by atoms with Crippen LogP contribution in [0.5, 0.6) is 0 Å². The second-order valence-corrected chi connectivity index (χ2v) is 5.83. The molecule has 3 rings (SSSR count). The van der Waals surface area contributed by atoms with Crippen molar-refractivity contribution in [3.05, 3.63) is 17.3 Å². The molecule has 1 spiro atoms. The SMILES string of the molecule is CC1CCC2(CC1)Nc1ncc(Cl)cc1NC2=O. The molecule has 1 amide bonds. The van der Waals surface area contributed by atoms with Gasteiger partial charge in [-0.05, 0) is 37.7 Å². The Labute approximate surface area is 111 Å². The molecule has 1 aliphatic heterocycles. The van der Waals surface area contributed by atoms with Gasteiger partial charge in [0, 0.05) is 6.20 Å². The smallest absolute Gasteiger partial charge is 0.250 e. The molecule has 5 heteroatoms. The first kappa shape index (κ1) is 11.8. The van der Waals surface area contributed by atoms with Crippen molar-refractivity contribution in [2.24, 2.45) is 5.92 Å². The van der Waals surface area contributed by atoms with Gasteiger partial charge in [-0.15, -0.1) is 0 Å². The number of aromatic nitrogens is 1. The molecule has 1 aromatic heterocycles. The number of hydrogen-bond donors (Lipinski definition) is 2. The van der Waals surface area contributed by atoms with Crippen molar-refractivity contribution in [1.82, 2.24) is 4.98 Å². The van der Waals surface area contributed by atoms with E-state index in [4.69, 9.17) is 11.6 Å². The maximum atomic E-state index is 12.3. The van der Waals surface area contributed by atoms with E-state index in [1.54, 1.807) is 12.3 Å². The minimum absolute atomic E-state index is 0.0472. The molecule has 1 fully saturated rings. The number of carbonyl (C=O) groups is 1. The average molecular weight is 266 g/mol. The zero-order valence-electron chi connectivity index (χ0n) is 10.3. The maximum Gasteiger partial charge on any atom is 0.250 e. The predicted octanol–water partition coefficient (Wildman–Crippen LogP) is 3.05. The van der Waals surface area contributed by atoms with E-state index < -0.39 is 5.54 Å². The van der Waals surface area contributed by atoms with E-state index in [0.717, 1.165) is 31.5 Å².